The molecule has 0 saturated carbocycles. The molecule has 0 fully saturated rings. The third-order valence-electron chi connectivity index (χ3n) is 2.14. The van der Waals surface area contributed by atoms with Crippen molar-refractivity contribution >= 4 is 52.5 Å². The second kappa shape index (κ2) is 8.13. The van der Waals surface area contributed by atoms with Crippen LogP contribution in [0.1, 0.15) is 11.3 Å². The highest BCUT2D eigenvalue weighted by Crippen LogP contribution is 2.24. The van der Waals surface area contributed by atoms with Gasteiger partial charge in [-0.3, -0.25) is 9.59 Å². The van der Waals surface area contributed by atoms with Crippen molar-refractivity contribution in [1.82, 2.24) is 5.32 Å². The number of aliphatic carboxylic acids is 1. The van der Waals surface area contributed by atoms with E-state index >= 15 is 0 Å². The normalized spacial score (nSPS) is 11.8. The zero-order valence-corrected chi connectivity index (χ0v) is 12.7. The number of amides is 2. The van der Waals surface area contributed by atoms with Crippen molar-refractivity contribution in [2.75, 3.05) is 5.75 Å². The van der Waals surface area contributed by atoms with Gasteiger partial charge in [0, 0.05) is 10.6 Å². The minimum absolute atomic E-state index is 0.0953. The average Bonchev–Trinajstić information content (AvgIpc) is 2.73. The molecule has 0 aliphatic carbocycles. The van der Waals surface area contributed by atoms with Gasteiger partial charge >= 0.3 is 5.97 Å². The zero-order chi connectivity index (χ0) is 15.1. The molecule has 1 aromatic heterocycles. The molecule has 0 bridgehead atoms. The molecule has 0 saturated heterocycles. The number of carbonyl (C=O) groups excluding carboxylic acids is 2. The number of halogens is 1. The molecule has 0 aromatic carbocycles. The summed E-state index contributed by atoms with van der Waals surface area (Å²) >= 11 is 8.53. The number of hydrogen-bond acceptors (Lipinski definition) is 5. The third-order valence-corrected chi connectivity index (χ3v) is 4.54. The zero-order valence-electron chi connectivity index (χ0n) is 10.3. The number of rotatable bonds is 8. The van der Waals surface area contributed by atoms with E-state index in [1.807, 2.05) is 6.07 Å². The summed E-state index contributed by atoms with van der Waals surface area (Å²) in [6.45, 7) is 0. The van der Waals surface area contributed by atoms with Crippen molar-refractivity contribution in [1.29, 1.82) is 0 Å². The highest BCUT2D eigenvalue weighted by atomic mass is 35.5. The number of nitrogens with two attached hydrogens (primary N) is 1. The van der Waals surface area contributed by atoms with Crippen LogP contribution in [0.2, 0.25) is 4.34 Å². The summed E-state index contributed by atoms with van der Waals surface area (Å²) in [4.78, 5) is 34.1. The SMILES string of the molecule is NC(=O)CC(NC(=O)CSCc1ccc(Cl)s1)C(=O)O. The summed E-state index contributed by atoms with van der Waals surface area (Å²) in [6.07, 6.45) is -0.424. The Hall–Kier alpha value is -1.25. The molecule has 0 aliphatic rings. The topological polar surface area (TPSA) is 109 Å². The van der Waals surface area contributed by atoms with Crippen LogP contribution in [0.15, 0.2) is 12.1 Å². The van der Waals surface area contributed by atoms with Crippen LogP contribution in [0.5, 0.6) is 0 Å². The number of nitrogens with one attached hydrogen (secondary N) is 1. The van der Waals surface area contributed by atoms with E-state index in [2.05, 4.69) is 5.32 Å². The lowest BCUT2D eigenvalue weighted by Crippen LogP contribution is -2.44. The van der Waals surface area contributed by atoms with Crippen LogP contribution in [-0.4, -0.2) is 34.7 Å². The minimum Gasteiger partial charge on any atom is -0.480 e. The monoisotopic (exact) mass is 336 g/mol. The van der Waals surface area contributed by atoms with E-state index in [1.165, 1.54) is 23.1 Å². The van der Waals surface area contributed by atoms with Crippen molar-refractivity contribution in [2.24, 2.45) is 5.73 Å². The first-order chi connectivity index (χ1) is 9.38. The molecule has 4 N–H and O–H groups in total. The Morgan fingerprint density at radius 3 is 2.65 bits per heavy atom. The van der Waals surface area contributed by atoms with E-state index in [1.54, 1.807) is 6.07 Å². The molecule has 9 heteroatoms. The van der Waals surface area contributed by atoms with Gasteiger partial charge in [0.25, 0.3) is 0 Å². The molecule has 0 aliphatic heterocycles. The van der Waals surface area contributed by atoms with Gasteiger partial charge in [-0.05, 0) is 12.1 Å². The van der Waals surface area contributed by atoms with Crippen molar-refractivity contribution in [3.05, 3.63) is 21.3 Å². The summed E-state index contributed by atoms with van der Waals surface area (Å²) in [5.41, 5.74) is 4.92. The Balaban J connectivity index is 2.34. The largest absolute Gasteiger partial charge is 0.480 e. The highest BCUT2D eigenvalue weighted by Gasteiger charge is 2.21. The lowest BCUT2D eigenvalue weighted by atomic mass is 10.2. The van der Waals surface area contributed by atoms with Gasteiger partial charge in [-0.2, -0.15) is 0 Å². The lowest BCUT2D eigenvalue weighted by molar-refractivity contribution is -0.143. The van der Waals surface area contributed by atoms with Crippen LogP contribution in [0, 0.1) is 0 Å². The number of thioether (sulfide) groups is 1. The number of hydrogen-bond donors (Lipinski definition) is 3. The van der Waals surface area contributed by atoms with Crippen LogP contribution in [0.25, 0.3) is 0 Å². The Morgan fingerprint density at radius 1 is 1.45 bits per heavy atom. The van der Waals surface area contributed by atoms with Gasteiger partial charge in [-0.1, -0.05) is 11.6 Å². The van der Waals surface area contributed by atoms with Gasteiger partial charge in [0.05, 0.1) is 16.5 Å². The maximum atomic E-state index is 11.6. The molecule has 110 valence electrons. The van der Waals surface area contributed by atoms with E-state index in [9.17, 15) is 14.4 Å². The van der Waals surface area contributed by atoms with E-state index in [0.29, 0.717) is 10.1 Å². The van der Waals surface area contributed by atoms with E-state index in [4.69, 9.17) is 22.4 Å². The molecule has 0 spiro atoms. The molecule has 0 radical (unpaired) electrons. The summed E-state index contributed by atoms with van der Waals surface area (Å²) in [7, 11) is 0. The number of thiophene rings is 1. The quantitative estimate of drug-likeness (QED) is 0.658. The van der Waals surface area contributed by atoms with Gasteiger partial charge in [0.1, 0.15) is 6.04 Å². The summed E-state index contributed by atoms with van der Waals surface area (Å²) in [6, 6.07) is 2.36. The summed E-state index contributed by atoms with van der Waals surface area (Å²) < 4.78 is 0.678. The van der Waals surface area contributed by atoms with Crippen molar-refractivity contribution in [3.63, 3.8) is 0 Å². The molecule has 1 atom stereocenters. The smallest absolute Gasteiger partial charge is 0.326 e. The maximum absolute atomic E-state index is 11.6. The predicted molar refractivity (Wildman–Crippen MR) is 78.9 cm³/mol. The standard InChI is InChI=1S/C11H13ClN2O4S2/c12-8-2-1-6(20-8)4-19-5-10(16)14-7(11(17)18)3-9(13)15/h1-2,7H,3-5H2,(H2,13,15)(H,14,16)(H,17,18). The number of carboxylic acid groups (broad SMARTS) is 1. The second-order valence-corrected chi connectivity index (χ2v) is 6.61. The van der Waals surface area contributed by atoms with Gasteiger partial charge < -0.3 is 16.2 Å². The summed E-state index contributed by atoms with van der Waals surface area (Å²) in [5, 5.41) is 11.1. The Morgan fingerprint density at radius 2 is 2.15 bits per heavy atom. The Bertz CT molecular complexity index is 506. The highest BCUT2D eigenvalue weighted by molar-refractivity contribution is 7.99. The molecule has 1 unspecified atom stereocenters. The van der Waals surface area contributed by atoms with Crippen LogP contribution in [0.4, 0.5) is 0 Å². The van der Waals surface area contributed by atoms with Crippen LogP contribution < -0.4 is 11.1 Å². The fourth-order valence-electron chi connectivity index (χ4n) is 1.31. The van der Waals surface area contributed by atoms with E-state index in [0.717, 1.165) is 4.88 Å². The number of carboxylic acids is 1. The third kappa shape index (κ3) is 6.27. The first kappa shape index (κ1) is 16.8. The van der Waals surface area contributed by atoms with Gasteiger partial charge in [-0.25, -0.2) is 4.79 Å². The maximum Gasteiger partial charge on any atom is 0.326 e. The van der Waals surface area contributed by atoms with Crippen molar-refractivity contribution in [3.8, 4) is 0 Å². The first-order valence-corrected chi connectivity index (χ1v) is 7.86. The fraction of sp³-hybridized carbons (Fsp3) is 0.364. The van der Waals surface area contributed by atoms with E-state index in [-0.39, 0.29) is 5.75 Å². The Labute approximate surface area is 128 Å². The Kier molecular flexibility index (Phi) is 6.83. The van der Waals surface area contributed by atoms with Crippen molar-refractivity contribution < 1.29 is 19.5 Å². The fourth-order valence-corrected chi connectivity index (χ4v) is 3.35. The van der Waals surface area contributed by atoms with Crippen molar-refractivity contribution in [2.45, 2.75) is 18.2 Å². The second-order valence-electron chi connectivity index (χ2n) is 3.83. The lowest BCUT2D eigenvalue weighted by Gasteiger charge is -2.12. The van der Waals surface area contributed by atoms with Gasteiger partial charge in [0.2, 0.25) is 11.8 Å². The molecule has 1 aromatic rings. The van der Waals surface area contributed by atoms with Crippen LogP contribution in [-0.2, 0) is 20.1 Å². The molecular formula is C11H13ClN2O4S2. The number of carbonyl (C=O) groups is 3. The van der Waals surface area contributed by atoms with E-state index < -0.39 is 30.2 Å². The number of primary amides is 1. The average molecular weight is 337 g/mol. The summed E-state index contributed by atoms with van der Waals surface area (Å²) in [5.74, 6) is -1.81. The molecule has 1 rings (SSSR count). The van der Waals surface area contributed by atoms with Crippen LogP contribution >= 0.6 is 34.7 Å². The molecular weight excluding hydrogens is 324 g/mol. The molecule has 6 nitrogen and oxygen atoms in total. The van der Waals surface area contributed by atoms with Gasteiger partial charge in [0.15, 0.2) is 0 Å². The first-order valence-electron chi connectivity index (χ1n) is 5.51. The molecule has 1 heterocycles. The predicted octanol–water partition coefficient (Wildman–Crippen LogP) is 1.08. The van der Waals surface area contributed by atoms with Crippen LogP contribution in [0.3, 0.4) is 0 Å². The molecule has 20 heavy (non-hydrogen) atoms. The molecule has 2 amide bonds. The van der Waals surface area contributed by atoms with Gasteiger partial charge in [-0.15, -0.1) is 23.1 Å². The minimum atomic E-state index is -1.29.